The number of sulfone groups is 1. The van der Waals surface area contributed by atoms with Crippen LogP contribution in [0.15, 0.2) is 54.9 Å². The van der Waals surface area contributed by atoms with Crippen LogP contribution in [0.2, 0.25) is 0 Å². The van der Waals surface area contributed by atoms with E-state index in [2.05, 4.69) is 15.3 Å². The van der Waals surface area contributed by atoms with Crippen LogP contribution in [-0.4, -0.2) is 30.7 Å². The fourth-order valence-corrected chi connectivity index (χ4v) is 4.02. The molecule has 1 N–H and O–H groups in total. The van der Waals surface area contributed by atoms with Crippen molar-refractivity contribution < 1.29 is 12.8 Å². The number of fused-ring (bicyclic) bond motifs is 1. The standard InChI is InChI=1S/C18H18FN3O2S/c19-16-9-4-8-15-17(16)21-13-22-18(15)20-10-5-11-25(23,24)12-14-6-2-1-3-7-14/h1-4,6-9,13H,5,10-12H2,(H,20,21,22). The summed E-state index contributed by atoms with van der Waals surface area (Å²) < 4.78 is 38.1. The SMILES string of the molecule is O=S(=O)(CCCNc1ncnc2c(F)cccc12)Cc1ccccc1. The number of hydrogen-bond donors (Lipinski definition) is 1. The van der Waals surface area contributed by atoms with Crippen LogP contribution >= 0.6 is 0 Å². The van der Waals surface area contributed by atoms with E-state index in [0.717, 1.165) is 5.56 Å². The Labute approximate surface area is 145 Å². The number of rotatable bonds is 7. The molecule has 0 saturated carbocycles. The van der Waals surface area contributed by atoms with Gasteiger partial charge in [0.15, 0.2) is 9.84 Å². The first-order valence-electron chi connectivity index (χ1n) is 7.93. The zero-order chi connectivity index (χ0) is 17.7. The topological polar surface area (TPSA) is 72.0 Å². The summed E-state index contributed by atoms with van der Waals surface area (Å²) in [6, 6.07) is 13.8. The third kappa shape index (κ3) is 4.51. The maximum Gasteiger partial charge on any atom is 0.154 e. The zero-order valence-corrected chi connectivity index (χ0v) is 14.3. The molecule has 1 aromatic heterocycles. The third-order valence-corrected chi connectivity index (χ3v) is 5.45. The third-order valence-electron chi connectivity index (χ3n) is 3.77. The highest BCUT2D eigenvalue weighted by Gasteiger charge is 2.12. The van der Waals surface area contributed by atoms with Crippen molar-refractivity contribution >= 4 is 26.6 Å². The molecular weight excluding hydrogens is 341 g/mol. The highest BCUT2D eigenvalue weighted by atomic mass is 32.2. The van der Waals surface area contributed by atoms with Gasteiger partial charge in [-0.3, -0.25) is 0 Å². The van der Waals surface area contributed by atoms with Crippen LogP contribution in [-0.2, 0) is 15.6 Å². The smallest absolute Gasteiger partial charge is 0.154 e. The predicted octanol–water partition coefficient (Wildman–Crippen LogP) is 3.19. The number of anilines is 1. The van der Waals surface area contributed by atoms with E-state index in [1.165, 1.54) is 12.4 Å². The van der Waals surface area contributed by atoms with E-state index in [-0.39, 0.29) is 17.0 Å². The Morgan fingerprint density at radius 3 is 2.60 bits per heavy atom. The van der Waals surface area contributed by atoms with Gasteiger partial charge in [-0.15, -0.1) is 0 Å². The Bertz CT molecular complexity index is 962. The summed E-state index contributed by atoms with van der Waals surface area (Å²) >= 11 is 0. The van der Waals surface area contributed by atoms with Crippen LogP contribution in [0, 0.1) is 5.82 Å². The van der Waals surface area contributed by atoms with E-state index in [1.807, 2.05) is 18.2 Å². The van der Waals surface area contributed by atoms with Gasteiger partial charge < -0.3 is 5.32 Å². The average Bonchev–Trinajstić information content (AvgIpc) is 2.60. The number of para-hydroxylation sites is 1. The van der Waals surface area contributed by atoms with Gasteiger partial charge in [0.05, 0.1) is 11.5 Å². The summed E-state index contributed by atoms with van der Waals surface area (Å²) in [5, 5.41) is 3.65. The van der Waals surface area contributed by atoms with Crippen LogP contribution in [0.25, 0.3) is 10.9 Å². The zero-order valence-electron chi connectivity index (χ0n) is 13.5. The molecule has 3 aromatic rings. The van der Waals surface area contributed by atoms with E-state index in [1.54, 1.807) is 24.3 Å². The molecule has 0 amide bonds. The van der Waals surface area contributed by atoms with Gasteiger partial charge in [0.25, 0.3) is 0 Å². The van der Waals surface area contributed by atoms with Gasteiger partial charge >= 0.3 is 0 Å². The van der Waals surface area contributed by atoms with Crippen molar-refractivity contribution in [2.24, 2.45) is 0 Å². The Balaban J connectivity index is 1.58. The van der Waals surface area contributed by atoms with Crippen molar-refractivity contribution in [1.29, 1.82) is 0 Å². The lowest BCUT2D eigenvalue weighted by atomic mass is 10.2. The molecule has 25 heavy (non-hydrogen) atoms. The number of halogens is 1. The van der Waals surface area contributed by atoms with Gasteiger partial charge in [-0.2, -0.15) is 0 Å². The molecule has 1 heterocycles. The average molecular weight is 359 g/mol. The molecule has 0 aliphatic carbocycles. The first-order valence-corrected chi connectivity index (χ1v) is 9.75. The van der Waals surface area contributed by atoms with E-state index in [0.29, 0.717) is 24.2 Å². The minimum Gasteiger partial charge on any atom is -0.369 e. The number of hydrogen-bond acceptors (Lipinski definition) is 5. The molecule has 0 spiro atoms. The number of aromatic nitrogens is 2. The number of nitrogens with zero attached hydrogens (tertiary/aromatic N) is 2. The van der Waals surface area contributed by atoms with Crippen LogP contribution < -0.4 is 5.32 Å². The maximum absolute atomic E-state index is 13.7. The first-order chi connectivity index (χ1) is 12.1. The van der Waals surface area contributed by atoms with Crippen molar-refractivity contribution in [2.75, 3.05) is 17.6 Å². The van der Waals surface area contributed by atoms with Gasteiger partial charge in [-0.05, 0) is 24.1 Å². The molecule has 0 unspecified atom stereocenters. The molecule has 130 valence electrons. The summed E-state index contributed by atoms with van der Waals surface area (Å²) in [6.07, 6.45) is 1.73. The van der Waals surface area contributed by atoms with Gasteiger partial charge in [0.1, 0.15) is 23.5 Å². The van der Waals surface area contributed by atoms with E-state index >= 15 is 0 Å². The van der Waals surface area contributed by atoms with Crippen LogP contribution in [0.5, 0.6) is 0 Å². The molecule has 0 saturated heterocycles. The molecule has 0 radical (unpaired) electrons. The van der Waals surface area contributed by atoms with Gasteiger partial charge in [0, 0.05) is 11.9 Å². The molecule has 0 bridgehead atoms. The molecule has 0 aliphatic heterocycles. The van der Waals surface area contributed by atoms with E-state index in [4.69, 9.17) is 0 Å². The van der Waals surface area contributed by atoms with Crippen molar-refractivity contribution in [3.05, 3.63) is 66.2 Å². The van der Waals surface area contributed by atoms with Gasteiger partial charge in [0.2, 0.25) is 0 Å². The fraction of sp³-hybridized carbons (Fsp3) is 0.222. The summed E-state index contributed by atoms with van der Waals surface area (Å²) in [4.78, 5) is 8.05. The molecule has 5 nitrogen and oxygen atoms in total. The fourth-order valence-electron chi connectivity index (χ4n) is 2.59. The quantitative estimate of drug-likeness (QED) is 0.656. The molecule has 0 aliphatic rings. The number of benzene rings is 2. The minimum absolute atomic E-state index is 0.0372. The number of nitrogens with one attached hydrogen (secondary N) is 1. The summed E-state index contributed by atoms with van der Waals surface area (Å²) in [7, 11) is -3.17. The second-order valence-electron chi connectivity index (χ2n) is 5.72. The van der Waals surface area contributed by atoms with Crippen molar-refractivity contribution in [1.82, 2.24) is 9.97 Å². The van der Waals surface area contributed by atoms with Crippen LogP contribution in [0.1, 0.15) is 12.0 Å². The Morgan fingerprint density at radius 1 is 1.00 bits per heavy atom. The van der Waals surface area contributed by atoms with Gasteiger partial charge in [-0.25, -0.2) is 22.8 Å². The van der Waals surface area contributed by atoms with Crippen molar-refractivity contribution in [3.63, 3.8) is 0 Å². The Kier molecular flexibility index (Phi) is 5.23. The second-order valence-corrected chi connectivity index (χ2v) is 7.90. The summed E-state index contributed by atoms with van der Waals surface area (Å²) in [5.41, 5.74) is 1.03. The second kappa shape index (κ2) is 7.57. The largest absolute Gasteiger partial charge is 0.369 e. The Morgan fingerprint density at radius 2 is 1.80 bits per heavy atom. The molecular formula is C18H18FN3O2S. The molecule has 2 aromatic carbocycles. The molecule has 7 heteroatoms. The molecule has 0 atom stereocenters. The van der Waals surface area contributed by atoms with Crippen LogP contribution in [0.4, 0.5) is 10.2 Å². The normalized spacial score (nSPS) is 11.6. The lowest BCUT2D eigenvalue weighted by Gasteiger charge is -2.09. The maximum atomic E-state index is 13.7. The van der Waals surface area contributed by atoms with Crippen molar-refractivity contribution in [3.8, 4) is 0 Å². The minimum atomic E-state index is -3.17. The van der Waals surface area contributed by atoms with E-state index in [9.17, 15) is 12.8 Å². The van der Waals surface area contributed by atoms with E-state index < -0.39 is 15.7 Å². The highest BCUT2D eigenvalue weighted by molar-refractivity contribution is 7.90. The molecule has 3 rings (SSSR count). The highest BCUT2D eigenvalue weighted by Crippen LogP contribution is 2.21. The monoisotopic (exact) mass is 359 g/mol. The molecule has 0 fully saturated rings. The van der Waals surface area contributed by atoms with Crippen LogP contribution in [0.3, 0.4) is 0 Å². The van der Waals surface area contributed by atoms with Gasteiger partial charge in [-0.1, -0.05) is 36.4 Å². The summed E-state index contributed by atoms with van der Waals surface area (Å²) in [5.74, 6) is 0.209. The Hall–Kier alpha value is -2.54. The lowest BCUT2D eigenvalue weighted by Crippen LogP contribution is -2.14. The predicted molar refractivity (Wildman–Crippen MR) is 96.5 cm³/mol. The first kappa shape index (κ1) is 17.3. The summed E-state index contributed by atoms with van der Waals surface area (Å²) in [6.45, 7) is 0.427. The van der Waals surface area contributed by atoms with Crippen molar-refractivity contribution in [2.45, 2.75) is 12.2 Å². The lowest BCUT2D eigenvalue weighted by molar-refractivity contribution is 0.593.